The third-order valence-electron chi connectivity index (χ3n) is 6.56. The first-order valence-corrected chi connectivity index (χ1v) is 12.0. The smallest absolute Gasteiger partial charge is 0.220 e. The largest absolute Gasteiger partial charge is 0.473 e. The normalized spacial score (nSPS) is 17.6. The second kappa shape index (κ2) is 9.27. The van der Waals surface area contributed by atoms with Gasteiger partial charge in [-0.25, -0.2) is 9.67 Å². The molecule has 0 amide bonds. The van der Waals surface area contributed by atoms with Crippen LogP contribution in [-0.2, 0) is 20.1 Å². The Bertz CT molecular complexity index is 1400. The number of aliphatic hydroxyl groups is 1. The van der Waals surface area contributed by atoms with Gasteiger partial charge in [-0.1, -0.05) is 6.92 Å². The molecule has 0 aromatic carbocycles. The third kappa shape index (κ3) is 4.23. The quantitative estimate of drug-likeness (QED) is 0.468. The Hall–Kier alpha value is -3.50. The molecule has 184 valence electrons. The molecular formula is C25H32N8O2. The molecule has 4 aromatic heterocycles. The molecular weight excluding hydrogens is 444 g/mol. The molecule has 2 N–H and O–H groups in total. The van der Waals surface area contributed by atoms with E-state index in [-0.39, 0.29) is 12.7 Å². The summed E-state index contributed by atoms with van der Waals surface area (Å²) in [7, 11) is 1.91. The molecule has 0 saturated heterocycles. The van der Waals surface area contributed by atoms with E-state index >= 15 is 0 Å². The summed E-state index contributed by atoms with van der Waals surface area (Å²) in [6.07, 6.45) is 5.86. The molecule has 10 heteroatoms. The van der Waals surface area contributed by atoms with E-state index in [9.17, 15) is 5.11 Å². The first kappa shape index (κ1) is 23.3. The van der Waals surface area contributed by atoms with Gasteiger partial charge in [-0.15, -0.1) is 0 Å². The van der Waals surface area contributed by atoms with Crippen molar-refractivity contribution in [2.24, 2.45) is 7.05 Å². The van der Waals surface area contributed by atoms with Crippen molar-refractivity contribution in [3.05, 3.63) is 40.6 Å². The van der Waals surface area contributed by atoms with Crippen molar-refractivity contribution in [2.45, 2.75) is 46.9 Å². The summed E-state index contributed by atoms with van der Waals surface area (Å²) in [6, 6.07) is 2.09. The van der Waals surface area contributed by atoms with E-state index in [4.69, 9.17) is 9.84 Å². The number of ether oxygens (including phenoxy) is 1. The Kier molecular flexibility index (Phi) is 6.16. The first-order chi connectivity index (χ1) is 16.9. The lowest BCUT2D eigenvalue weighted by atomic mass is 10.1. The van der Waals surface area contributed by atoms with Crippen LogP contribution in [0.5, 0.6) is 5.88 Å². The number of nitrogens with one attached hydrogen (secondary N) is 1. The van der Waals surface area contributed by atoms with Crippen molar-refractivity contribution < 1.29 is 9.84 Å². The molecule has 0 saturated carbocycles. The maximum atomic E-state index is 9.64. The van der Waals surface area contributed by atoms with E-state index in [2.05, 4.69) is 51.2 Å². The number of aliphatic hydroxyl groups excluding tert-OH is 1. The van der Waals surface area contributed by atoms with Gasteiger partial charge in [0, 0.05) is 42.8 Å². The van der Waals surface area contributed by atoms with Crippen LogP contribution in [0.3, 0.4) is 0 Å². The fraction of sp³-hybridized carbons (Fsp3) is 0.440. The zero-order valence-electron chi connectivity index (χ0n) is 20.9. The van der Waals surface area contributed by atoms with Crippen LogP contribution in [0.1, 0.15) is 42.2 Å². The van der Waals surface area contributed by atoms with E-state index < -0.39 is 0 Å². The monoisotopic (exact) mass is 476 g/mol. The molecule has 0 unspecified atom stereocenters. The van der Waals surface area contributed by atoms with Gasteiger partial charge >= 0.3 is 0 Å². The van der Waals surface area contributed by atoms with Gasteiger partial charge in [-0.3, -0.25) is 14.7 Å². The number of hydrogen-bond donors (Lipinski definition) is 2. The highest BCUT2D eigenvalue weighted by molar-refractivity contribution is 5.91. The molecule has 0 aliphatic carbocycles. The molecule has 1 atom stereocenters. The molecule has 4 aromatic rings. The van der Waals surface area contributed by atoms with Crippen LogP contribution in [-0.4, -0.2) is 70.5 Å². The van der Waals surface area contributed by atoms with Gasteiger partial charge in [0.15, 0.2) is 5.65 Å². The maximum absolute atomic E-state index is 9.64. The lowest BCUT2D eigenvalue weighted by Gasteiger charge is -2.26. The summed E-state index contributed by atoms with van der Waals surface area (Å²) in [5.74, 6) is 0.726. The molecule has 1 aliphatic rings. The van der Waals surface area contributed by atoms with Crippen molar-refractivity contribution >= 4 is 23.2 Å². The predicted octanol–water partition coefficient (Wildman–Crippen LogP) is 2.94. The van der Waals surface area contributed by atoms with Crippen LogP contribution in [0.15, 0.2) is 12.3 Å². The van der Waals surface area contributed by atoms with Crippen molar-refractivity contribution in [2.75, 3.05) is 19.7 Å². The number of aromatic nitrogens is 7. The van der Waals surface area contributed by atoms with E-state index in [1.165, 1.54) is 0 Å². The Labute approximate surface area is 204 Å². The van der Waals surface area contributed by atoms with Crippen LogP contribution < -0.4 is 4.74 Å². The maximum Gasteiger partial charge on any atom is 0.220 e. The zero-order chi connectivity index (χ0) is 24.7. The van der Waals surface area contributed by atoms with Crippen molar-refractivity contribution in [1.29, 1.82) is 0 Å². The highest BCUT2D eigenvalue weighted by Crippen LogP contribution is 2.35. The second-order valence-electron chi connectivity index (χ2n) is 9.10. The number of fused-ring (bicyclic) bond motifs is 4. The van der Waals surface area contributed by atoms with E-state index in [1.54, 1.807) is 4.68 Å². The summed E-state index contributed by atoms with van der Waals surface area (Å²) in [4.78, 5) is 6.94. The van der Waals surface area contributed by atoms with Crippen LogP contribution in [0, 0.1) is 13.8 Å². The summed E-state index contributed by atoms with van der Waals surface area (Å²) < 4.78 is 10.2. The molecule has 0 radical (unpaired) electrons. The molecule has 10 nitrogen and oxygen atoms in total. The van der Waals surface area contributed by atoms with Gasteiger partial charge in [0.1, 0.15) is 6.10 Å². The minimum atomic E-state index is -0.0795. The zero-order valence-corrected chi connectivity index (χ0v) is 20.9. The topological polar surface area (TPSA) is 110 Å². The van der Waals surface area contributed by atoms with Gasteiger partial charge < -0.3 is 9.84 Å². The highest BCUT2D eigenvalue weighted by Gasteiger charge is 2.23. The fourth-order valence-corrected chi connectivity index (χ4v) is 4.87. The van der Waals surface area contributed by atoms with Crippen molar-refractivity contribution in [3.8, 4) is 17.0 Å². The molecule has 0 spiro atoms. The Morgan fingerprint density at radius 2 is 2.03 bits per heavy atom. The van der Waals surface area contributed by atoms with Crippen molar-refractivity contribution in [1.82, 2.24) is 39.6 Å². The summed E-state index contributed by atoms with van der Waals surface area (Å²) in [5, 5.41) is 27.4. The Balaban J connectivity index is 1.71. The highest BCUT2D eigenvalue weighted by atomic mass is 16.5. The number of aromatic amines is 1. The van der Waals surface area contributed by atoms with E-state index in [1.807, 2.05) is 37.8 Å². The van der Waals surface area contributed by atoms with Gasteiger partial charge in [0.25, 0.3) is 0 Å². The molecule has 5 heterocycles. The van der Waals surface area contributed by atoms with E-state index in [0.717, 1.165) is 63.8 Å². The number of hydrogen-bond acceptors (Lipinski definition) is 7. The fourth-order valence-electron chi connectivity index (χ4n) is 4.87. The molecule has 0 fully saturated rings. The lowest BCUT2D eigenvalue weighted by molar-refractivity contribution is 0.133. The van der Waals surface area contributed by atoms with Crippen LogP contribution in [0.2, 0.25) is 0 Å². The van der Waals surface area contributed by atoms with Crippen LogP contribution in [0.25, 0.3) is 34.3 Å². The van der Waals surface area contributed by atoms with Gasteiger partial charge in [0.05, 0.1) is 41.5 Å². The SMILES string of the molecule is CCN1Cc2c(c(C)nn2CCO)/C=C/c2[nH]nc3ncc(cc23)-c2c(C)nn(C)c2O[C@@H](C)C1. The van der Waals surface area contributed by atoms with Crippen LogP contribution >= 0.6 is 0 Å². The average Bonchev–Trinajstić information content (AvgIpc) is 3.45. The number of rotatable bonds is 3. The summed E-state index contributed by atoms with van der Waals surface area (Å²) in [6.45, 7) is 11.0. The Morgan fingerprint density at radius 3 is 2.80 bits per heavy atom. The lowest BCUT2D eigenvalue weighted by Crippen LogP contribution is -2.34. The summed E-state index contributed by atoms with van der Waals surface area (Å²) in [5.41, 5.74) is 7.34. The number of H-pyrrole nitrogens is 1. The average molecular weight is 477 g/mol. The van der Waals surface area contributed by atoms with Crippen LogP contribution in [0.4, 0.5) is 0 Å². The number of pyridine rings is 1. The number of likely N-dealkylation sites (N-methyl/N-ethyl adjacent to an activating group) is 1. The van der Waals surface area contributed by atoms with Gasteiger partial charge in [0.2, 0.25) is 5.88 Å². The first-order valence-electron chi connectivity index (χ1n) is 12.0. The van der Waals surface area contributed by atoms with Crippen molar-refractivity contribution in [3.63, 3.8) is 0 Å². The third-order valence-corrected chi connectivity index (χ3v) is 6.56. The molecule has 35 heavy (non-hydrogen) atoms. The number of nitrogens with zero attached hydrogens (tertiary/aromatic N) is 7. The van der Waals surface area contributed by atoms with Gasteiger partial charge in [-0.2, -0.15) is 15.3 Å². The predicted molar refractivity (Wildman–Crippen MR) is 135 cm³/mol. The van der Waals surface area contributed by atoms with E-state index in [0.29, 0.717) is 18.7 Å². The number of aryl methyl sites for hydroxylation is 3. The summed E-state index contributed by atoms with van der Waals surface area (Å²) >= 11 is 0. The minimum Gasteiger partial charge on any atom is -0.473 e. The van der Waals surface area contributed by atoms with Gasteiger partial charge in [-0.05, 0) is 45.5 Å². The molecule has 2 bridgehead atoms. The molecule has 5 rings (SSSR count). The Morgan fingerprint density at radius 1 is 1.20 bits per heavy atom. The molecule has 1 aliphatic heterocycles. The minimum absolute atomic E-state index is 0.0329. The standard InChI is InChI=1S/C25H32N8O2/c1-6-32-13-15(2)35-25-23(17(4)29-31(25)5)18-11-20-21(27-28-24(20)26-12-18)8-7-19-16(3)30-33(9-10-34)22(19)14-32/h7-8,11-12,15,34H,6,9-10,13-14H2,1-5H3,(H,26,27,28)/b8-7+/t15-/m0/s1. The second-order valence-corrected chi connectivity index (χ2v) is 9.10.